The molecule has 5 nitrogen and oxygen atoms in total. The van der Waals surface area contributed by atoms with E-state index in [4.69, 9.17) is 9.47 Å². The van der Waals surface area contributed by atoms with Gasteiger partial charge in [-0.3, -0.25) is 0 Å². The number of likely N-dealkylation sites (N-methyl/N-ethyl adjacent to an activating group) is 1. The molecule has 0 aromatic heterocycles. The molecule has 1 aromatic carbocycles. The molecule has 5 heteroatoms. The number of hydrogen-bond acceptors (Lipinski definition) is 5. The zero-order chi connectivity index (χ0) is 14.4. The normalized spacial score (nSPS) is 20.0. The first-order valence-corrected chi connectivity index (χ1v) is 7.15. The predicted molar refractivity (Wildman–Crippen MR) is 78.2 cm³/mol. The van der Waals surface area contributed by atoms with E-state index in [9.17, 15) is 5.11 Å². The van der Waals surface area contributed by atoms with Gasteiger partial charge in [0.15, 0.2) is 11.5 Å². The van der Waals surface area contributed by atoms with Gasteiger partial charge >= 0.3 is 0 Å². The Kier molecular flexibility index (Phi) is 5.64. The highest BCUT2D eigenvalue weighted by molar-refractivity contribution is 5.45. The Bertz CT molecular complexity index is 426. The molecule has 1 atom stereocenters. The molecule has 1 saturated heterocycles. The number of nitrogens with one attached hydrogen (secondary N) is 1. The van der Waals surface area contributed by atoms with Crippen molar-refractivity contribution in [2.24, 2.45) is 0 Å². The summed E-state index contributed by atoms with van der Waals surface area (Å²) in [5, 5.41) is 13.4. The van der Waals surface area contributed by atoms with Gasteiger partial charge < -0.3 is 24.8 Å². The van der Waals surface area contributed by atoms with Gasteiger partial charge in [-0.25, -0.2) is 0 Å². The summed E-state index contributed by atoms with van der Waals surface area (Å²) in [6.45, 7) is 6.56. The molecule has 0 aliphatic carbocycles. The molecule has 0 spiro atoms. The first-order chi connectivity index (χ1) is 9.70. The van der Waals surface area contributed by atoms with Gasteiger partial charge in [0.1, 0.15) is 0 Å². The van der Waals surface area contributed by atoms with Crippen molar-refractivity contribution in [1.29, 1.82) is 0 Å². The van der Waals surface area contributed by atoms with E-state index in [-0.39, 0.29) is 11.9 Å². The molecule has 1 heterocycles. The largest absolute Gasteiger partial charge is 0.504 e. The number of aromatic hydroxyl groups is 1. The number of ether oxygens (including phenoxy) is 2. The number of morpholine rings is 1. The third-order valence-corrected chi connectivity index (χ3v) is 3.41. The van der Waals surface area contributed by atoms with E-state index >= 15 is 0 Å². The second-order valence-electron chi connectivity index (χ2n) is 5.08. The Morgan fingerprint density at radius 1 is 1.50 bits per heavy atom. The quantitative estimate of drug-likeness (QED) is 0.820. The molecule has 1 aliphatic rings. The molecule has 1 aliphatic heterocycles. The summed E-state index contributed by atoms with van der Waals surface area (Å²) in [5.74, 6) is 0.768. The summed E-state index contributed by atoms with van der Waals surface area (Å²) in [4.78, 5) is 2.27. The molecule has 1 unspecified atom stereocenters. The number of phenols is 1. The molecule has 2 rings (SSSR count). The van der Waals surface area contributed by atoms with Crippen LogP contribution < -0.4 is 10.1 Å². The van der Waals surface area contributed by atoms with E-state index in [0.29, 0.717) is 18.9 Å². The first-order valence-electron chi connectivity index (χ1n) is 7.15. The highest BCUT2D eigenvalue weighted by Gasteiger charge is 2.17. The van der Waals surface area contributed by atoms with Crippen LogP contribution in [0.1, 0.15) is 12.5 Å². The van der Waals surface area contributed by atoms with Crippen LogP contribution in [0.25, 0.3) is 0 Å². The van der Waals surface area contributed by atoms with E-state index in [1.165, 1.54) is 0 Å². The second kappa shape index (κ2) is 7.47. The first kappa shape index (κ1) is 15.1. The van der Waals surface area contributed by atoms with E-state index < -0.39 is 0 Å². The minimum Gasteiger partial charge on any atom is -0.504 e. The van der Waals surface area contributed by atoms with Crippen molar-refractivity contribution in [2.75, 3.05) is 39.9 Å². The maximum Gasteiger partial charge on any atom is 0.162 e. The Morgan fingerprint density at radius 2 is 2.35 bits per heavy atom. The van der Waals surface area contributed by atoms with E-state index in [1.807, 2.05) is 19.1 Å². The zero-order valence-electron chi connectivity index (χ0n) is 12.3. The topological polar surface area (TPSA) is 54.0 Å². The molecule has 2 N–H and O–H groups in total. The van der Waals surface area contributed by atoms with Crippen molar-refractivity contribution in [3.05, 3.63) is 23.8 Å². The maximum atomic E-state index is 10.1. The summed E-state index contributed by atoms with van der Waals surface area (Å²) < 4.78 is 11.1. The number of para-hydroxylation sites is 1. The van der Waals surface area contributed by atoms with Crippen molar-refractivity contribution >= 4 is 0 Å². The van der Waals surface area contributed by atoms with Gasteiger partial charge in [-0.1, -0.05) is 12.1 Å². The van der Waals surface area contributed by atoms with Crippen LogP contribution in [-0.4, -0.2) is 56.0 Å². The molecular weight excluding hydrogens is 256 g/mol. The molecular formula is C15H24N2O3. The van der Waals surface area contributed by atoms with Crippen molar-refractivity contribution < 1.29 is 14.6 Å². The highest BCUT2D eigenvalue weighted by atomic mass is 16.5. The molecule has 0 radical (unpaired) electrons. The average Bonchev–Trinajstić information content (AvgIpc) is 2.43. The van der Waals surface area contributed by atoms with Crippen LogP contribution in [-0.2, 0) is 11.3 Å². The number of rotatable bonds is 6. The van der Waals surface area contributed by atoms with E-state index in [2.05, 4.69) is 17.3 Å². The van der Waals surface area contributed by atoms with Crippen molar-refractivity contribution in [3.63, 3.8) is 0 Å². The van der Waals surface area contributed by atoms with Gasteiger partial charge in [-0.05, 0) is 20.0 Å². The van der Waals surface area contributed by atoms with Crippen LogP contribution >= 0.6 is 0 Å². The summed E-state index contributed by atoms with van der Waals surface area (Å²) in [7, 11) is 2.10. The van der Waals surface area contributed by atoms with E-state index in [0.717, 1.165) is 31.8 Å². The van der Waals surface area contributed by atoms with Crippen LogP contribution in [0.5, 0.6) is 11.5 Å². The number of phenolic OH excluding ortho intramolecular Hbond substituents is 1. The van der Waals surface area contributed by atoms with Gasteiger partial charge in [0.05, 0.1) is 19.3 Å². The molecule has 0 amide bonds. The van der Waals surface area contributed by atoms with Gasteiger partial charge in [0.25, 0.3) is 0 Å². The van der Waals surface area contributed by atoms with E-state index in [1.54, 1.807) is 6.07 Å². The Hall–Kier alpha value is -1.30. The molecule has 1 aromatic rings. The van der Waals surface area contributed by atoms with Crippen LogP contribution in [0.4, 0.5) is 0 Å². The lowest BCUT2D eigenvalue weighted by Crippen LogP contribution is -2.44. The fraction of sp³-hybridized carbons (Fsp3) is 0.600. The minimum atomic E-state index is 0.214. The minimum absolute atomic E-state index is 0.214. The lowest BCUT2D eigenvalue weighted by Gasteiger charge is -2.30. The van der Waals surface area contributed by atoms with Crippen LogP contribution in [0.2, 0.25) is 0 Å². The number of nitrogens with zero attached hydrogens (tertiary/aromatic N) is 1. The fourth-order valence-corrected chi connectivity index (χ4v) is 2.34. The maximum absolute atomic E-state index is 10.1. The standard InChI is InChI=1S/C15H24N2O3/c1-3-19-14-6-4-5-12(15(14)18)9-16-10-13-11-17(2)7-8-20-13/h4-6,13,16,18H,3,7-11H2,1-2H3. The Labute approximate surface area is 120 Å². The molecule has 112 valence electrons. The van der Waals surface area contributed by atoms with Crippen molar-refractivity contribution in [1.82, 2.24) is 10.2 Å². The summed E-state index contributed by atoms with van der Waals surface area (Å²) in [6.07, 6.45) is 0.214. The zero-order valence-corrected chi connectivity index (χ0v) is 12.3. The second-order valence-corrected chi connectivity index (χ2v) is 5.08. The smallest absolute Gasteiger partial charge is 0.162 e. The molecule has 0 saturated carbocycles. The van der Waals surface area contributed by atoms with Crippen molar-refractivity contribution in [3.8, 4) is 11.5 Å². The number of hydrogen-bond donors (Lipinski definition) is 2. The highest BCUT2D eigenvalue weighted by Crippen LogP contribution is 2.29. The average molecular weight is 280 g/mol. The SMILES string of the molecule is CCOc1cccc(CNCC2CN(C)CCO2)c1O. The lowest BCUT2D eigenvalue weighted by atomic mass is 10.2. The van der Waals surface area contributed by atoms with Gasteiger partial charge in [0, 0.05) is 31.7 Å². The molecule has 0 bridgehead atoms. The predicted octanol–water partition coefficient (Wildman–Crippen LogP) is 1.21. The monoisotopic (exact) mass is 280 g/mol. The van der Waals surface area contributed by atoms with Crippen LogP contribution in [0.3, 0.4) is 0 Å². The third kappa shape index (κ3) is 4.10. The van der Waals surface area contributed by atoms with Crippen LogP contribution in [0, 0.1) is 0 Å². The van der Waals surface area contributed by atoms with Crippen molar-refractivity contribution in [2.45, 2.75) is 19.6 Å². The summed E-state index contributed by atoms with van der Waals surface area (Å²) in [6, 6.07) is 5.58. The van der Waals surface area contributed by atoms with Gasteiger partial charge in [-0.15, -0.1) is 0 Å². The van der Waals surface area contributed by atoms with Gasteiger partial charge in [-0.2, -0.15) is 0 Å². The summed E-state index contributed by atoms with van der Waals surface area (Å²) in [5.41, 5.74) is 0.847. The Balaban J connectivity index is 1.83. The van der Waals surface area contributed by atoms with Gasteiger partial charge in [0.2, 0.25) is 0 Å². The fourth-order valence-electron chi connectivity index (χ4n) is 2.34. The Morgan fingerprint density at radius 3 is 3.10 bits per heavy atom. The third-order valence-electron chi connectivity index (χ3n) is 3.41. The molecule has 1 fully saturated rings. The van der Waals surface area contributed by atoms with Crippen LogP contribution in [0.15, 0.2) is 18.2 Å². The molecule has 20 heavy (non-hydrogen) atoms. The number of benzene rings is 1. The summed E-state index contributed by atoms with van der Waals surface area (Å²) >= 11 is 0. The lowest BCUT2D eigenvalue weighted by molar-refractivity contribution is -0.0182.